The Morgan fingerprint density at radius 2 is 2.18 bits per heavy atom. The normalized spacial score (nSPS) is 19.7. The molecule has 1 saturated heterocycles. The van der Waals surface area contributed by atoms with Crippen LogP contribution in [0.2, 0.25) is 0 Å². The van der Waals surface area contributed by atoms with Crippen LogP contribution in [-0.2, 0) is 16.6 Å². The van der Waals surface area contributed by atoms with Crippen molar-refractivity contribution in [2.24, 2.45) is 0 Å². The number of benzene rings is 1. The van der Waals surface area contributed by atoms with Gasteiger partial charge in [-0.25, -0.2) is 4.79 Å². The number of nitrogens with one attached hydrogen (secondary N) is 1. The largest absolute Gasteiger partial charge is 0.337 e. The molecule has 6 heteroatoms. The first-order valence-electron chi connectivity index (χ1n) is 7.72. The quantitative estimate of drug-likeness (QED) is 0.865. The smallest absolute Gasteiger partial charge is 0.317 e. The molecule has 1 aromatic carbocycles. The fourth-order valence-corrected chi connectivity index (χ4v) is 4.59. The minimum atomic E-state index is -0.938. The van der Waals surface area contributed by atoms with E-state index in [-0.39, 0.29) is 6.03 Å². The zero-order valence-electron chi connectivity index (χ0n) is 13.0. The molecule has 1 aromatic rings. The molecule has 0 bridgehead atoms. The monoisotopic (exact) mass is 340 g/mol. The number of urea groups is 1. The summed E-state index contributed by atoms with van der Waals surface area (Å²) in [5.74, 6) is 2.06. The van der Waals surface area contributed by atoms with Gasteiger partial charge in [0.05, 0.1) is 0 Å². The average molecular weight is 341 g/mol. The van der Waals surface area contributed by atoms with Crippen LogP contribution in [0.1, 0.15) is 18.9 Å². The molecule has 0 spiro atoms. The lowest BCUT2D eigenvalue weighted by molar-refractivity contribution is 0.200. The summed E-state index contributed by atoms with van der Waals surface area (Å²) >= 11 is 1.94. The molecule has 22 heavy (non-hydrogen) atoms. The van der Waals surface area contributed by atoms with Gasteiger partial charge < -0.3 is 10.2 Å². The van der Waals surface area contributed by atoms with Crippen LogP contribution in [0.25, 0.3) is 0 Å². The van der Waals surface area contributed by atoms with E-state index in [1.165, 1.54) is 0 Å². The SMILES string of the molecule is CC[C@H]1CN(C(=O)NCC[S@@](=O)Cc2ccccc2)CCS1. The molecular weight excluding hydrogens is 316 g/mol. The molecule has 2 amide bonds. The summed E-state index contributed by atoms with van der Waals surface area (Å²) in [6.45, 7) is 4.25. The Labute approximate surface area is 139 Å². The van der Waals surface area contributed by atoms with E-state index < -0.39 is 10.8 Å². The van der Waals surface area contributed by atoms with Crippen molar-refractivity contribution < 1.29 is 9.00 Å². The highest BCUT2D eigenvalue weighted by Crippen LogP contribution is 2.20. The number of rotatable bonds is 6. The van der Waals surface area contributed by atoms with Crippen LogP contribution in [0.3, 0.4) is 0 Å². The zero-order valence-corrected chi connectivity index (χ0v) is 14.6. The molecule has 1 heterocycles. The Morgan fingerprint density at radius 1 is 1.41 bits per heavy atom. The van der Waals surface area contributed by atoms with E-state index in [4.69, 9.17) is 0 Å². The Balaban J connectivity index is 1.67. The van der Waals surface area contributed by atoms with Gasteiger partial charge in [-0.1, -0.05) is 37.3 Å². The van der Waals surface area contributed by atoms with Crippen LogP contribution in [-0.4, -0.2) is 51.5 Å². The summed E-state index contributed by atoms with van der Waals surface area (Å²) in [5.41, 5.74) is 1.08. The third kappa shape index (κ3) is 5.65. The van der Waals surface area contributed by atoms with Gasteiger partial charge in [0.25, 0.3) is 0 Å². The van der Waals surface area contributed by atoms with Crippen LogP contribution in [0, 0.1) is 0 Å². The van der Waals surface area contributed by atoms with Gasteiger partial charge in [0, 0.05) is 52.9 Å². The topological polar surface area (TPSA) is 49.4 Å². The molecule has 0 saturated carbocycles. The lowest BCUT2D eigenvalue weighted by Crippen LogP contribution is -2.47. The van der Waals surface area contributed by atoms with Gasteiger partial charge in [-0.3, -0.25) is 4.21 Å². The van der Waals surface area contributed by atoms with Crippen LogP contribution in [0.5, 0.6) is 0 Å². The Bertz CT molecular complexity index is 496. The van der Waals surface area contributed by atoms with E-state index in [9.17, 15) is 9.00 Å². The molecule has 122 valence electrons. The molecular formula is C16H24N2O2S2. The standard InChI is InChI=1S/C16H24N2O2S2/c1-2-15-12-18(9-10-21-15)16(19)17-8-11-22(20)13-14-6-4-3-5-7-14/h3-7,15H,2,8-13H2,1H3,(H,17,19)/t15-,22+/m0/s1. The number of thioether (sulfide) groups is 1. The van der Waals surface area contributed by atoms with Crippen LogP contribution in [0.15, 0.2) is 30.3 Å². The molecule has 4 nitrogen and oxygen atoms in total. The zero-order chi connectivity index (χ0) is 15.8. The van der Waals surface area contributed by atoms with E-state index in [1.807, 2.05) is 47.0 Å². The predicted octanol–water partition coefficient (Wildman–Crippen LogP) is 2.47. The van der Waals surface area contributed by atoms with E-state index in [0.717, 1.165) is 30.8 Å². The molecule has 0 unspecified atom stereocenters. The van der Waals surface area contributed by atoms with Gasteiger partial charge in [0.15, 0.2) is 0 Å². The lowest BCUT2D eigenvalue weighted by Gasteiger charge is -2.31. The number of hydrogen-bond acceptors (Lipinski definition) is 3. The fraction of sp³-hybridized carbons (Fsp3) is 0.562. The predicted molar refractivity (Wildman–Crippen MR) is 94.7 cm³/mol. The number of hydrogen-bond donors (Lipinski definition) is 1. The number of amides is 2. The molecule has 0 aliphatic carbocycles. The third-order valence-corrected chi connectivity index (χ3v) is 6.34. The molecule has 2 rings (SSSR count). The van der Waals surface area contributed by atoms with Crippen molar-refractivity contribution in [3.05, 3.63) is 35.9 Å². The number of carbonyl (C=O) groups is 1. The second-order valence-electron chi connectivity index (χ2n) is 5.35. The van der Waals surface area contributed by atoms with Crippen LogP contribution < -0.4 is 5.32 Å². The number of nitrogens with zero attached hydrogens (tertiary/aromatic N) is 1. The second-order valence-corrected chi connectivity index (χ2v) is 8.34. The highest BCUT2D eigenvalue weighted by Gasteiger charge is 2.22. The van der Waals surface area contributed by atoms with E-state index >= 15 is 0 Å². The summed E-state index contributed by atoms with van der Waals surface area (Å²) < 4.78 is 12.0. The summed E-state index contributed by atoms with van der Waals surface area (Å²) in [6, 6.07) is 9.79. The Morgan fingerprint density at radius 3 is 2.91 bits per heavy atom. The fourth-order valence-electron chi connectivity index (χ4n) is 2.37. The molecule has 0 aromatic heterocycles. The average Bonchev–Trinajstić information content (AvgIpc) is 2.55. The van der Waals surface area contributed by atoms with Crippen molar-refractivity contribution in [3.8, 4) is 0 Å². The van der Waals surface area contributed by atoms with Gasteiger partial charge in [0.1, 0.15) is 0 Å². The third-order valence-electron chi connectivity index (χ3n) is 3.66. The summed E-state index contributed by atoms with van der Waals surface area (Å²) in [4.78, 5) is 14.0. The highest BCUT2D eigenvalue weighted by atomic mass is 32.2. The van der Waals surface area contributed by atoms with E-state index in [0.29, 0.717) is 23.3 Å². The Kier molecular flexibility index (Phi) is 7.25. The molecule has 1 aliphatic rings. The minimum absolute atomic E-state index is 0.0181. The van der Waals surface area contributed by atoms with E-state index in [1.54, 1.807) is 0 Å². The first kappa shape index (κ1) is 17.3. The van der Waals surface area contributed by atoms with Gasteiger partial charge in [-0.2, -0.15) is 11.8 Å². The van der Waals surface area contributed by atoms with Crippen molar-refractivity contribution in [2.75, 3.05) is 31.1 Å². The van der Waals surface area contributed by atoms with Crippen molar-refractivity contribution in [1.82, 2.24) is 10.2 Å². The van der Waals surface area contributed by atoms with Crippen molar-refractivity contribution >= 4 is 28.6 Å². The summed E-state index contributed by atoms with van der Waals surface area (Å²) in [5, 5.41) is 3.45. The Hall–Kier alpha value is -1.01. The lowest BCUT2D eigenvalue weighted by atomic mass is 10.2. The van der Waals surface area contributed by atoms with Gasteiger partial charge in [-0.05, 0) is 12.0 Å². The minimum Gasteiger partial charge on any atom is -0.337 e. The molecule has 0 radical (unpaired) electrons. The maximum Gasteiger partial charge on any atom is 0.317 e. The van der Waals surface area contributed by atoms with E-state index in [2.05, 4.69) is 12.2 Å². The first-order valence-corrected chi connectivity index (χ1v) is 10.3. The maximum absolute atomic E-state index is 12.1. The van der Waals surface area contributed by atoms with Crippen LogP contribution >= 0.6 is 11.8 Å². The maximum atomic E-state index is 12.1. The van der Waals surface area contributed by atoms with Gasteiger partial charge >= 0.3 is 6.03 Å². The number of carbonyl (C=O) groups excluding carboxylic acids is 1. The summed E-state index contributed by atoms with van der Waals surface area (Å²) in [7, 11) is -0.938. The van der Waals surface area contributed by atoms with Crippen molar-refractivity contribution in [3.63, 3.8) is 0 Å². The highest BCUT2D eigenvalue weighted by molar-refractivity contribution is 8.00. The van der Waals surface area contributed by atoms with Crippen LogP contribution in [0.4, 0.5) is 4.79 Å². The molecule has 1 N–H and O–H groups in total. The molecule has 1 aliphatic heterocycles. The second kappa shape index (κ2) is 9.20. The van der Waals surface area contributed by atoms with Crippen molar-refractivity contribution in [2.45, 2.75) is 24.3 Å². The van der Waals surface area contributed by atoms with Gasteiger partial charge in [-0.15, -0.1) is 0 Å². The first-order chi connectivity index (χ1) is 10.7. The molecule has 1 fully saturated rings. The van der Waals surface area contributed by atoms with Gasteiger partial charge in [0.2, 0.25) is 0 Å². The molecule has 2 atom stereocenters. The summed E-state index contributed by atoms with van der Waals surface area (Å²) in [6.07, 6.45) is 1.09. The van der Waals surface area contributed by atoms with Crippen molar-refractivity contribution in [1.29, 1.82) is 0 Å².